The van der Waals surface area contributed by atoms with Gasteiger partial charge in [0.15, 0.2) is 0 Å². The molecular weight excluding hydrogens is 340 g/mol. The van der Waals surface area contributed by atoms with Gasteiger partial charge in [-0.3, -0.25) is 0 Å². The van der Waals surface area contributed by atoms with Crippen molar-refractivity contribution in [1.82, 2.24) is 8.96 Å². The van der Waals surface area contributed by atoms with Gasteiger partial charge in [0.1, 0.15) is 10.7 Å². The van der Waals surface area contributed by atoms with Crippen molar-refractivity contribution >= 4 is 26.0 Å². The number of benzene rings is 1. The fourth-order valence-electron chi connectivity index (χ4n) is 1.97. The van der Waals surface area contributed by atoms with Crippen LogP contribution in [0.15, 0.2) is 33.9 Å². The normalized spacial score (nSPS) is 12.1. The molecule has 4 nitrogen and oxygen atoms in total. The van der Waals surface area contributed by atoms with Gasteiger partial charge >= 0.3 is 0 Å². The number of imidazole rings is 1. The highest BCUT2D eigenvalue weighted by atomic mass is 79.9. The summed E-state index contributed by atoms with van der Waals surface area (Å²) in [4.78, 5) is 4.41. The third-order valence-electron chi connectivity index (χ3n) is 3.24. The lowest BCUT2D eigenvalue weighted by Crippen LogP contribution is -2.17. The number of aryl methyl sites for hydroxylation is 2. The van der Waals surface area contributed by atoms with E-state index in [2.05, 4.69) is 20.9 Å². The maximum atomic E-state index is 12.8. The summed E-state index contributed by atoms with van der Waals surface area (Å²) in [5, 5.41) is 0. The highest BCUT2D eigenvalue weighted by Crippen LogP contribution is 2.28. The molecule has 0 atom stereocenters. The van der Waals surface area contributed by atoms with Crippen LogP contribution in [0.4, 0.5) is 0 Å². The van der Waals surface area contributed by atoms with Gasteiger partial charge in [-0.05, 0) is 53.0 Å². The van der Waals surface area contributed by atoms with Crippen LogP contribution >= 0.6 is 15.9 Å². The summed E-state index contributed by atoms with van der Waals surface area (Å²) in [7, 11) is -3.63. The van der Waals surface area contributed by atoms with Gasteiger partial charge in [0.25, 0.3) is 10.0 Å². The Hall–Kier alpha value is -1.14. The first-order chi connectivity index (χ1) is 9.25. The van der Waals surface area contributed by atoms with E-state index < -0.39 is 10.0 Å². The van der Waals surface area contributed by atoms with Crippen LogP contribution in [0.2, 0.25) is 0 Å². The molecule has 1 aromatic carbocycles. The monoisotopic (exact) mass is 356 g/mol. The molecule has 20 heavy (non-hydrogen) atoms. The number of halogens is 1. The molecule has 0 unspecified atom stereocenters. The smallest absolute Gasteiger partial charge is 0.240 e. The molecule has 0 amide bonds. The molecule has 1 heterocycles. The summed E-state index contributed by atoms with van der Waals surface area (Å²) < 4.78 is 27.4. The Kier molecular flexibility index (Phi) is 4.07. The molecule has 0 saturated heterocycles. The van der Waals surface area contributed by atoms with E-state index in [1.807, 2.05) is 33.8 Å². The second-order valence-corrected chi connectivity index (χ2v) is 7.75. The van der Waals surface area contributed by atoms with Crippen molar-refractivity contribution in [3.8, 4) is 0 Å². The molecule has 2 rings (SSSR count). The van der Waals surface area contributed by atoms with E-state index in [1.165, 1.54) is 16.4 Å². The lowest BCUT2D eigenvalue weighted by molar-refractivity contribution is 0.581. The fraction of sp³-hybridized carbons (Fsp3) is 0.357. The third kappa shape index (κ3) is 2.54. The molecule has 108 valence electrons. The summed E-state index contributed by atoms with van der Waals surface area (Å²) >= 11 is 3.35. The Labute approximate surface area is 128 Å². The van der Waals surface area contributed by atoms with Crippen molar-refractivity contribution < 1.29 is 8.42 Å². The Morgan fingerprint density at radius 3 is 2.40 bits per heavy atom. The van der Waals surface area contributed by atoms with Crippen LogP contribution in [0.5, 0.6) is 0 Å². The van der Waals surface area contributed by atoms with Crippen LogP contribution in [-0.2, 0) is 10.0 Å². The highest BCUT2D eigenvalue weighted by Gasteiger charge is 2.24. The topological polar surface area (TPSA) is 52.0 Å². The van der Waals surface area contributed by atoms with Crippen LogP contribution in [0.1, 0.15) is 36.7 Å². The molecule has 1 aromatic heterocycles. The van der Waals surface area contributed by atoms with Crippen LogP contribution in [0, 0.1) is 13.8 Å². The predicted molar refractivity (Wildman–Crippen MR) is 82.5 cm³/mol. The molecule has 6 heteroatoms. The van der Waals surface area contributed by atoms with Crippen molar-refractivity contribution in [3.05, 3.63) is 46.0 Å². The van der Waals surface area contributed by atoms with Gasteiger partial charge < -0.3 is 0 Å². The van der Waals surface area contributed by atoms with Gasteiger partial charge in [0.05, 0.1) is 0 Å². The van der Waals surface area contributed by atoms with E-state index in [1.54, 1.807) is 6.07 Å². The molecule has 0 saturated carbocycles. The average Bonchev–Trinajstić information content (AvgIpc) is 2.83. The second-order valence-electron chi connectivity index (χ2n) is 5.11. The number of hydrogen-bond acceptors (Lipinski definition) is 3. The highest BCUT2D eigenvalue weighted by molar-refractivity contribution is 9.10. The Morgan fingerprint density at radius 2 is 1.80 bits per heavy atom. The van der Waals surface area contributed by atoms with E-state index in [0.717, 1.165) is 11.1 Å². The van der Waals surface area contributed by atoms with Crippen molar-refractivity contribution in [2.45, 2.75) is 38.5 Å². The average molecular weight is 357 g/mol. The van der Waals surface area contributed by atoms with Gasteiger partial charge in [-0.2, -0.15) is 0 Å². The fourth-order valence-corrected chi connectivity index (χ4v) is 4.60. The van der Waals surface area contributed by atoms with E-state index in [4.69, 9.17) is 0 Å². The minimum absolute atomic E-state index is 0.0325. The van der Waals surface area contributed by atoms with Crippen LogP contribution in [0.3, 0.4) is 0 Å². The van der Waals surface area contributed by atoms with Crippen molar-refractivity contribution in [1.29, 1.82) is 0 Å². The van der Waals surface area contributed by atoms with E-state index in [-0.39, 0.29) is 10.8 Å². The zero-order valence-corrected chi connectivity index (χ0v) is 14.3. The zero-order valence-electron chi connectivity index (χ0n) is 11.9. The standard InChI is InChI=1S/C14H17BrN2O2S/c1-9(2)14-16-5-6-17(14)20(18,19)13-8-11(4)10(3)7-12(13)15/h5-9H,1-4H3. The SMILES string of the molecule is Cc1cc(Br)c(S(=O)(=O)n2ccnc2C(C)C)cc1C. The number of rotatable bonds is 3. The molecule has 0 bridgehead atoms. The molecule has 0 aliphatic rings. The van der Waals surface area contributed by atoms with Crippen molar-refractivity contribution in [2.75, 3.05) is 0 Å². The molecule has 0 spiro atoms. The van der Waals surface area contributed by atoms with Gasteiger partial charge in [-0.25, -0.2) is 17.4 Å². The molecule has 0 aliphatic heterocycles. The second kappa shape index (κ2) is 5.33. The number of aromatic nitrogens is 2. The van der Waals surface area contributed by atoms with Crippen LogP contribution < -0.4 is 0 Å². The Bertz CT molecular complexity index is 749. The van der Waals surface area contributed by atoms with Crippen LogP contribution in [-0.4, -0.2) is 17.4 Å². The minimum Gasteiger partial charge on any atom is -0.240 e. The first-order valence-electron chi connectivity index (χ1n) is 6.30. The van der Waals surface area contributed by atoms with E-state index in [0.29, 0.717) is 10.3 Å². The first-order valence-corrected chi connectivity index (χ1v) is 8.54. The molecule has 0 radical (unpaired) electrons. The largest absolute Gasteiger partial charge is 0.270 e. The summed E-state index contributed by atoms with van der Waals surface area (Å²) in [6.45, 7) is 7.69. The molecule has 0 N–H and O–H groups in total. The molecular formula is C14H17BrN2O2S. The van der Waals surface area contributed by atoms with Gasteiger partial charge in [0, 0.05) is 22.8 Å². The van der Waals surface area contributed by atoms with E-state index >= 15 is 0 Å². The summed E-state index contributed by atoms with van der Waals surface area (Å²) in [5.74, 6) is 0.570. The molecule has 2 aromatic rings. The van der Waals surface area contributed by atoms with Crippen molar-refractivity contribution in [3.63, 3.8) is 0 Å². The Balaban J connectivity index is 2.67. The summed E-state index contributed by atoms with van der Waals surface area (Å²) in [6, 6.07) is 3.52. The van der Waals surface area contributed by atoms with Crippen molar-refractivity contribution in [2.24, 2.45) is 0 Å². The van der Waals surface area contributed by atoms with Gasteiger partial charge in [0.2, 0.25) is 0 Å². The maximum Gasteiger partial charge on any atom is 0.270 e. The van der Waals surface area contributed by atoms with Gasteiger partial charge in [-0.1, -0.05) is 13.8 Å². The third-order valence-corrected chi connectivity index (χ3v) is 5.87. The minimum atomic E-state index is -3.63. The molecule has 0 fully saturated rings. The first kappa shape index (κ1) is 15.3. The lowest BCUT2D eigenvalue weighted by Gasteiger charge is -2.14. The number of hydrogen-bond donors (Lipinski definition) is 0. The summed E-state index contributed by atoms with van der Waals surface area (Å²) in [5.41, 5.74) is 1.99. The summed E-state index contributed by atoms with van der Waals surface area (Å²) in [6.07, 6.45) is 3.01. The van der Waals surface area contributed by atoms with E-state index in [9.17, 15) is 8.42 Å². The molecule has 0 aliphatic carbocycles. The van der Waals surface area contributed by atoms with Gasteiger partial charge in [-0.15, -0.1) is 0 Å². The Morgan fingerprint density at radius 1 is 1.20 bits per heavy atom. The maximum absolute atomic E-state index is 12.8. The zero-order chi connectivity index (χ0) is 15.1. The number of nitrogens with zero attached hydrogens (tertiary/aromatic N) is 2. The quantitative estimate of drug-likeness (QED) is 0.843. The predicted octanol–water partition coefficient (Wildman–Crippen LogP) is 3.62. The lowest BCUT2D eigenvalue weighted by atomic mass is 10.1. The van der Waals surface area contributed by atoms with Crippen LogP contribution in [0.25, 0.3) is 0 Å².